The van der Waals surface area contributed by atoms with Gasteiger partial charge in [-0.2, -0.15) is 0 Å². The largest absolute Gasteiger partial charge is 0.493 e. The molecule has 0 atom stereocenters. The average molecular weight is 510 g/mol. The van der Waals surface area contributed by atoms with Gasteiger partial charge >= 0.3 is 0 Å². The third-order valence-electron chi connectivity index (χ3n) is 6.49. The molecule has 0 radical (unpaired) electrons. The molecule has 1 fully saturated rings. The Bertz CT molecular complexity index is 1270. The topological polar surface area (TPSA) is 97.4 Å². The summed E-state index contributed by atoms with van der Waals surface area (Å²) in [6.07, 6.45) is 4.35. The Balaban J connectivity index is 1.41. The molecule has 8 nitrogen and oxygen atoms in total. The van der Waals surface area contributed by atoms with Crippen LogP contribution in [0.15, 0.2) is 42.6 Å². The van der Waals surface area contributed by atoms with E-state index in [9.17, 15) is 13.6 Å². The first-order valence-electron chi connectivity index (χ1n) is 12.5. The molecular weight excluding hydrogens is 480 g/mol. The summed E-state index contributed by atoms with van der Waals surface area (Å²) >= 11 is 0. The zero-order valence-electron chi connectivity index (χ0n) is 20.4. The fraction of sp³-hybridized carbons (Fsp3) is 0.370. The van der Waals surface area contributed by atoms with E-state index < -0.39 is 11.6 Å². The number of benzene rings is 2. The maximum Gasteiger partial charge on any atom is 0.255 e. The van der Waals surface area contributed by atoms with Gasteiger partial charge in [-0.15, -0.1) is 0 Å². The molecule has 3 heterocycles. The van der Waals surface area contributed by atoms with Crippen LogP contribution < -0.4 is 25.4 Å². The van der Waals surface area contributed by atoms with Crippen molar-refractivity contribution in [2.24, 2.45) is 5.92 Å². The van der Waals surface area contributed by atoms with Gasteiger partial charge in [0.15, 0.2) is 17.4 Å². The van der Waals surface area contributed by atoms with Crippen LogP contribution >= 0.6 is 0 Å². The lowest BCUT2D eigenvalue weighted by atomic mass is 9.98. The van der Waals surface area contributed by atoms with Crippen LogP contribution in [0.2, 0.25) is 0 Å². The van der Waals surface area contributed by atoms with E-state index in [4.69, 9.17) is 9.47 Å². The molecule has 2 aliphatic rings. The number of rotatable bonds is 3. The van der Waals surface area contributed by atoms with E-state index >= 15 is 0 Å². The molecule has 3 N–H and O–H groups in total. The molecule has 2 aliphatic heterocycles. The fourth-order valence-electron chi connectivity index (χ4n) is 4.41. The molecule has 3 aromatic rings. The number of anilines is 2. The number of carbonyl (C=O) groups excluding carboxylic acids is 1. The second-order valence-corrected chi connectivity index (χ2v) is 9.18. The highest BCUT2D eigenvalue weighted by molar-refractivity contribution is 5.97. The second kappa shape index (κ2) is 11.5. The van der Waals surface area contributed by atoms with Crippen LogP contribution in [0, 0.1) is 17.6 Å². The summed E-state index contributed by atoms with van der Waals surface area (Å²) in [6, 6.07) is 9.24. The maximum absolute atomic E-state index is 14.6. The van der Waals surface area contributed by atoms with Crippen LogP contribution in [0.1, 0.15) is 36.0 Å². The zero-order chi connectivity index (χ0) is 25.6. The normalized spacial score (nSPS) is 16.2. The molecule has 0 aliphatic carbocycles. The Hall–Kier alpha value is -3.79. The van der Waals surface area contributed by atoms with Gasteiger partial charge in [0.25, 0.3) is 5.91 Å². The summed E-state index contributed by atoms with van der Waals surface area (Å²) in [5, 5.41) is 9.41. The standard InChI is InChI=1S/C27H29F2N5O3/c28-21-6-3-18-13-24(21)37-12-2-1-11-36-23-14-19(33-27-32-16-22(29)25(18)34-27)4-5-20(23)26(35)31-15-17-7-9-30-10-8-17/h3-6,13-14,16-17,30H,1-2,7-12,15H2,(H,31,35)(H,32,33,34). The molecular formula is C27H29F2N5O3. The van der Waals surface area contributed by atoms with E-state index in [-0.39, 0.29) is 29.9 Å². The molecule has 1 saturated heterocycles. The highest BCUT2D eigenvalue weighted by Gasteiger charge is 2.19. The van der Waals surface area contributed by atoms with Crippen LogP contribution in [0.3, 0.4) is 0 Å². The van der Waals surface area contributed by atoms with Crippen molar-refractivity contribution in [2.45, 2.75) is 25.7 Å². The van der Waals surface area contributed by atoms with Gasteiger partial charge in [-0.25, -0.2) is 18.7 Å². The molecule has 0 unspecified atom stereocenters. The Morgan fingerprint density at radius 3 is 2.59 bits per heavy atom. The molecule has 0 spiro atoms. The minimum absolute atomic E-state index is 0.0137. The summed E-state index contributed by atoms with van der Waals surface area (Å²) in [5.41, 5.74) is 1.39. The Kier molecular flexibility index (Phi) is 7.74. The monoisotopic (exact) mass is 509 g/mol. The Labute approximate surface area is 213 Å². The number of hydrogen-bond acceptors (Lipinski definition) is 7. The van der Waals surface area contributed by atoms with Gasteiger partial charge in [0.2, 0.25) is 5.95 Å². The molecule has 1 amide bonds. The first kappa shape index (κ1) is 24.9. The van der Waals surface area contributed by atoms with Gasteiger partial charge < -0.3 is 25.4 Å². The van der Waals surface area contributed by atoms with Gasteiger partial charge in [0, 0.05) is 23.9 Å². The second-order valence-electron chi connectivity index (χ2n) is 9.18. The summed E-state index contributed by atoms with van der Waals surface area (Å²) in [5.74, 6) is -0.354. The third-order valence-corrected chi connectivity index (χ3v) is 6.49. The van der Waals surface area contributed by atoms with E-state index in [0.29, 0.717) is 54.5 Å². The summed E-state index contributed by atoms with van der Waals surface area (Å²) < 4.78 is 40.5. The lowest BCUT2D eigenvalue weighted by Gasteiger charge is -2.23. The molecule has 37 heavy (non-hydrogen) atoms. The van der Waals surface area contributed by atoms with Crippen molar-refractivity contribution in [1.29, 1.82) is 0 Å². The molecule has 1 aromatic heterocycles. The van der Waals surface area contributed by atoms with E-state index in [1.165, 1.54) is 18.2 Å². The van der Waals surface area contributed by atoms with Crippen LogP contribution in [0.4, 0.5) is 20.4 Å². The van der Waals surface area contributed by atoms with Crippen molar-refractivity contribution in [1.82, 2.24) is 20.6 Å². The number of ether oxygens (including phenoxy) is 2. The number of fused-ring (bicyclic) bond motifs is 7. The first-order chi connectivity index (χ1) is 18.1. The highest BCUT2D eigenvalue weighted by Crippen LogP contribution is 2.30. The van der Waals surface area contributed by atoms with Crippen molar-refractivity contribution in [2.75, 3.05) is 38.2 Å². The van der Waals surface area contributed by atoms with E-state index in [1.807, 2.05) is 0 Å². The van der Waals surface area contributed by atoms with Crippen LogP contribution in [-0.4, -0.2) is 48.7 Å². The van der Waals surface area contributed by atoms with Gasteiger partial charge in [-0.1, -0.05) is 0 Å². The van der Waals surface area contributed by atoms with Gasteiger partial charge in [0.1, 0.15) is 11.4 Å². The summed E-state index contributed by atoms with van der Waals surface area (Å²) in [6.45, 7) is 3.14. The van der Waals surface area contributed by atoms with Gasteiger partial charge in [-0.3, -0.25) is 4.79 Å². The minimum Gasteiger partial charge on any atom is -0.493 e. The highest BCUT2D eigenvalue weighted by atomic mass is 19.1. The van der Waals surface area contributed by atoms with Crippen LogP contribution in [-0.2, 0) is 0 Å². The molecule has 6 bridgehead atoms. The predicted octanol–water partition coefficient (Wildman–Crippen LogP) is 4.45. The van der Waals surface area contributed by atoms with Gasteiger partial charge in [0.05, 0.1) is 25.0 Å². The first-order valence-corrected chi connectivity index (χ1v) is 12.5. The lowest BCUT2D eigenvalue weighted by Crippen LogP contribution is -2.36. The molecule has 194 valence electrons. The van der Waals surface area contributed by atoms with Crippen molar-refractivity contribution in [3.63, 3.8) is 0 Å². The van der Waals surface area contributed by atoms with E-state index in [1.54, 1.807) is 18.2 Å². The molecule has 2 aromatic carbocycles. The zero-order valence-corrected chi connectivity index (χ0v) is 20.4. The molecule has 5 rings (SSSR count). The van der Waals surface area contributed by atoms with Crippen LogP contribution in [0.5, 0.6) is 11.5 Å². The number of nitrogens with one attached hydrogen (secondary N) is 3. The average Bonchev–Trinajstić information content (AvgIpc) is 2.91. The number of nitrogens with zero attached hydrogens (tertiary/aromatic N) is 2. The van der Waals surface area contributed by atoms with Gasteiger partial charge in [-0.05, 0) is 75.0 Å². The lowest BCUT2D eigenvalue weighted by molar-refractivity contribution is 0.0940. The summed E-state index contributed by atoms with van der Waals surface area (Å²) in [4.78, 5) is 21.3. The van der Waals surface area contributed by atoms with Crippen molar-refractivity contribution in [3.05, 3.63) is 59.8 Å². The van der Waals surface area contributed by atoms with Crippen molar-refractivity contribution in [3.8, 4) is 22.8 Å². The predicted molar refractivity (Wildman–Crippen MR) is 135 cm³/mol. The smallest absolute Gasteiger partial charge is 0.255 e. The third kappa shape index (κ3) is 6.14. The number of amides is 1. The number of aromatic nitrogens is 2. The fourth-order valence-corrected chi connectivity index (χ4v) is 4.41. The Morgan fingerprint density at radius 1 is 1.00 bits per heavy atom. The molecule has 0 saturated carbocycles. The number of hydrogen-bond donors (Lipinski definition) is 3. The SMILES string of the molecule is O=C(NCC1CCNCC1)c1ccc2cc1OCCCCOc1cc(ccc1F)-c1nc(ncc1F)N2. The maximum atomic E-state index is 14.6. The van der Waals surface area contributed by atoms with Crippen molar-refractivity contribution >= 4 is 17.5 Å². The Morgan fingerprint density at radius 2 is 1.78 bits per heavy atom. The number of halogens is 2. The van der Waals surface area contributed by atoms with E-state index in [2.05, 4.69) is 25.9 Å². The number of piperidine rings is 1. The minimum atomic E-state index is -0.644. The van der Waals surface area contributed by atoms with Crippen LogP contribution in [0.25, 0.3) is 11.3 Å². The van der Waals surface area contributed by atoms with Crippen molar-refractivity contribution < 1.29 is 23.0 Å². The number of carbonyl (C=O) groups is 1. The van der Waals surface area contributed by atoms with E-state index in [0.717, 1.165) is 32.1 Å². The summed E-state index contributed by atoms with van der Waals surface area (Å²) in [7, 11) is 0. The molecule has 10 heteroatoms. The quantitative estimate of drug-likeness (QED) is 0.480.